The lowest BCUT2D eigenvalue weighted by atomic mass is 10.2. The highest BCUT2D eigenvalue weighted by molar-refractivity contribution is 6.35. The van der Waals surface area contributed by atoms with Crippen molar-refractivity contribution in [3.8, 4) is 5.75 Å². The summed E-state index contributed by atoms with van der Waals surface area (Å²) in [5, 5.41) is 1.03. The maximum Gasteiger partial charge on any atom is 0.165 e. The van der Waals surface area contributed by atoms with E-state index in [0.29, 0.717) is 15.6 Å². The molecule has 0 heterocycles. The van der Waals surface area contributed by atoms with Crippen LogP contribution in [0.5, 0.6) is 5.75 Å². The van der Waals surface area contributed by atoms with Crippen molar-refractivity contribution in [1.29, 1.82) is 0 Å². The van der Waals surface area contributed by atoms with Crippen LogP contribution < -0.4 is 10.5 Å². The fraction of sp³-hybridized carbons (Fsp3) is 0.143. The Morgan fingerprint density at radius 1 is 1.11 bits per heavy atom. The molecule has 0 aromatic heterocycles. The molecule has 0 fully saturated rings. The molecule has 2 aromatic rings. The van der Waals surface area contributed by atoms with Crippen molar-refractivity contribution in [2.24, 2.45) is 5.73 Å². The normalized spacial score (nSPS) is 10.5. The largest absolute Gasteiger partial charge is 0.485 e. The number of hydrogen-bond acceptors (Lipinski definition) is 2. The van der Waals surface area contributed by atoms with Gasteiger partial charge < -0.3 is 10.5 Å². The summed E-state index contributed by atoms with van der Waals surface area (Å²) >= 11 is 11.8. The molecule has 19 heavy (non-hydrogen) atoms. The minimum atomic E-state index is -0.437. The molecule has 0 aliphatic carbocycles. The molecule has 0 radical (unpaired) electrons. The highest BCUT2D eigenvalue weighted by Crippen LogP contribution is 2.26. The Hall–Kier alpha value is -1.29. The highest BCUT2D eigenvalue weighted by atomic mass is 35.5. The van der Waals surface area contributed by atoms with Crippen molar-refractivity contribution in [3.05, 3.63) is 63.4 Å². The summed E-state index contributed by atoms with van der Waals surface area (Å²) in [4.78, 5) is 0. The van der Waals surface area contributed by atoms with Crippen molar-refractivity contribution < 1.29 is 9.13 Å². The van der Waals surface area contributed by atoms with Gasteiger partial charge in [-0.1, -0.05) is 41.4 Å². The van der Waals surface area contributed by atoms with Crippen LogP contribution >= 0.6 is 23.2 Å². The summed E-state index contributed by atoms with van der Waals surface area (Å²) in [5.74, 6) is -0.274. The molecule has 0 aliphatic rings. The molecule has 2 nitrogen and oxygen atoms in total. The van der Waals surface area contributed by atoms with E-state index in [1.54, 1.807) is 30.3 Å². The van der Waals surface area contributed by atoms with E-state index in [0.717, 1.165) is 5.56 Å². The molecule has 0 bridgehead atoms. The third kappa shape index (κ3) is 3.38. The third-order valence-corrected chi connectivity index (χ3v) is 3.24. The van der Waals surface area contributed by atoms with Crippen LogP contribution in [-0.2, 0) is 13.2 Å². The summed E-state index contributed by atoms with van der Waals surface area (Å²) in [6, 6.07) is 9.72. The molecule has 5 heteroatoms. The van der Waals surface area contributed by atoms with E-state index in [2.05, 4.69) is 0 Å². The SMILES string of the molecule is NCc1cccc(F)c1OCc1ccc(Cl)cc1Cl. The Morgan fingerprint density at radius 3 is 2.58 bits per heavy atom. The summed E-state index contributed by atoms with van der Waals surface area (Å²) < 4.78 is 19.2. The van der Waals surface area contributed by atoms with Crippen LogP contribution in [0, 0.1) is 5.82 Å². The number of benzene rings is 2. The van der Waals surface area contributed by atoms with Crippen LogP contribution in [0.15, 0.2) is 36.4 Å². The summed E-state index contributed by atoms with van der Waals surface area (Å²) in [5.41, 5.74) is 6.90. The smallest absolute Gasteiger partial charge is 0.165 e. The van der Waals surface area contributed by atoms with Crippen LogP contribution in [0.1, 0.15) is 11.1 Å². The van der Waals surface area contributed by atoms with Crippen LogP contribution in [0.2, 0.25) is 10.0 Å². The Labute approximate surface area is 120 Å². The zero-order chi connectivity index (χ0) is 13.8. The second-order valence-electron chi connectivity index (χ2n) is 3.96. The van der Waals surface area contributed by atoms with Crippen molar-refractivity contribution in [3.63, 3.8) is 0 Å². The zero-order valence-corrected chi connectivity index (χ0v) is 11.5. The van der Waals surface area contributed by atoms with Gasteiger partial charge in [0.25, 0.3) is 0 Å². The van der Waals surface area contributed by atoms with E-state index in [1.165, 1.54) is 6.07 Å². The Balaban J connectivity index is 2.19. The zero-order valence-electron chi connectivity index (χ0n) is 10.00. The van der Waals surface area contributed by atoms with Gasteiger partial charge in [-0.05, 0) is 18.2 Å². The fourth-order valence-corrected chi connectivity index (χ4v) is 2.13. The Morgan fingerprint density at radius 2 is 1.89 bits per heavy atom. The van der Waals surface area contributed by atoms with Gasteiger partial charge in [0.05, 0.1) is 0 Å². The van der Waals surface area contributed by atoms with Gasteiger partial charge in [-0.3, -0.25) is 0 Å². The van der Waals surface area contributed by atoms with Gasteiger partial charge in [0.15, 0.2) is 11.6 Å². The topological polar surface area (TPSA) is 35.2 Å². The van der Waals surface area contributed by atoms with Gasteiger partial charge in [-0.15, -0.1) is 0 Å². The fourth-order valence-electron chi connectivity index (χ4n) is 1.66. The van der Waals surface area contributed by atoms with E-state index < -0.39 is 5.82 Å². The quantitative estimate of drug-likeness (QED) is 0.919. The first-order valence-electron chi connectivity index (χ1n) is 5.66. The van der Waals surface area contributed by atoms with Gasteiger partial charge in [0, 0.05) is 27.7 Å². The van der Waals surface area contributed by atoms with Crippen molar-refractivity contribution >= 4 is 23.2 Å². The van der Waals surface area contributed by atoms with Crippen LogP contribution in [0.25, 0.3) is 0 Å². The number of rotatable bonds is 4. The van der Waals surface area contributed by atoms with E-state index in [-0.39, 0.29) is 18.9 Å². The molecular weight excluding hydrogens is 288 g/mol. The second kappa shape index (κ2) is 6.24. The summed E-state index contributed by atoms with van der Waals surface area (Å²) in [6.07, 6.45) is 0. The molecule has 100 valence electrons. The lowest BCUT2D eigenvalue weighted by molar-refractivity contribution is 0.287. The first-order valence-corrected chi connectivity index (χ1v) is 6.41. The van der Waals surface area contributed by atoms with E-state index in [4.69, 9.17) is 33.7 Å². The minimum Gasteiger partial charge on any atom is -0.485 e. The molecule has 0 aliphatic heterocycles. The molecular formula is C14H12Cl2FNO. The summed E-state index contributed by atoms with van der Waals surface area (Å²) in [7, 11) is 0. The Bertz CT molecular complexity index is 590. The lowest BCUT2D eigenvalue weighted by Crippen LogP contribution is -2.04. The maximum atomic E-state index is 13.7. The average Bonchev–Trinajstić information content (AvgIpc) is 2.39. The number of para-hydroxylation sites is 1. The number of halogens is 3. The molecule has 2 N–H and O–H groups in total. The molecule has 0 spiro atoms. The number of nitrogens with two attached hydrogens (primary N) is 1. The van der Waals surface area contributed by atoms with Crippen molar-refractivity contribution in [2.75, 3.05) is 0 Å². The monoisotopic (exact) mass is 299 g/mol. The molecule has 2 rings (SSSR count). The van der Waals surface area contributed by atoms with Gasteiger partial charge >= 0.3 is 0 Å². The molecule has 0 saturated carbocycles. The average molecular weight is 300 g/mol. The number of hydrogen-bond donors (Lipinski definition) is 1. The molecule has 0 saturated heterocycles. The first kappa shape index (κ1) is 14.1. The van der Waals surface area contributed by atoms with Crippen LogP contribution in [-0.4, -0.2) is 0 Å². The Kier molecular flexibility index (Phi) is 4.64. The van der Waals surface area contributed by atoms with E-state index >= 15 is 0 Å². The first-order chi connectivity index (χ1) is 9.11. The molecule has 0 atom stereocenters. The lowest BCUT2D eigenvalue weighted by Gasteiger charge is -2.12. The second-order valence-corrected chi connectivity index (χ2v) is 4.80. The van der Waals surface area contributed by atoms with Gasteiger partial charge in [0.1, 0.15) is 6.61 Å². The van der Waals surface area contributed by atoms with Crippen LogP contribution in [0.4, 0.5) is 4.39 Å². The van der Waals surface area contributed by atoms with Gasteiger partial charge in [-0.2, -0.15) is 0 Å². The maximum absolute atomic E-state index is 13.7. The van der Waals surface area contributed by atoms with Crippen molar-refractivity contribution in [2.45, 2.75) is 13.2 Å². The molecule has 0 amide bonds. The van der Waals surface area contributed by atoms with Gasteiger partial charge in [-0.25, -0.2) is 4.39 Å². The van der Waals surface area contributed by atoms with Gasteiger partial charge in [0.2, 0.25) is 0 Å². The predicted octanol–water partition coefficient (Wildman–Crippen LogP) is 4.17. The van der Waals surface area contributed by atoms with Crippen LogP contribution in [0.3, 0.4) is 0 Å². The molecule has 2 aromatic carbocycles. The third-order valence-electron chi connectivity index (χ3n) is 2.66. The van der Waals surface area contributed by atoms with Crippen molar-refractivity contribution in [1.82, 2.24) is 0 Å². The van der Waals surface area contributed by atoms with E-state index in [1.807, 2.05) is 0 Å². The molecule has 0 unspecified atom stereocenters. The predicted molar refractivity (Wildman–Crippen MR) is 75.1 cm³/mol. The number of ether oxygens (including phenoxy) is 1. The standard InChI is InChI=1S/C14H12Cl2FNO/c15-11-5-4-10(12(16)6-11)8-19-14-9(7-18)2-1-3-13(14)17/h1-6H,7-8,18H2. The van der Waals surface area contributed by atoms with E-state index in [9.17, 15) is 4.39 Å². The minimum absolute atomic E-state index is 0.157. The highest BCUT2D eigenvalue weighted by Gasteiger charge is 2.10. The summed E-state index contributed by atoms with van der Waals surface area (Å²) in [6.45, 7) is 0.366.